The van der Waals surface area contributed by atoms with E-state index in [1.165, 1.54) is 0 Å². The molecule has 0 saturated heterocycles. The fourth-order valence-corrected chi connectivity index (χ4v) is 3.83. The molecule has 0 aliphatic carbocycles. The van der Waals surface area contributed by atoms with Crippen molar-refractivity contribution < 1.29 is 0 Å². The van der Waals surface area contributed by atoms with E-state index < -0.39 is 0 Å². The average molecular weight is 272 g/mol. The largest absolute Gasteiger partial charge is 0.363 e. The highest BCUT2D eigenvalue weighted by molar-refractivity contribution is 7.97. The van der Waals surface area contributed by atoms with E-state index >= 15 is 0 Å². The van der Waals surface area contributed by atoms with Crippen LogP contribution < -0.4 is 5.32 Å². The van der Waals surface area contributed by atoms with Crippen molar-refractivity contribution in [3.05, 3.63) is 10.7 Å². The maximum Gasteiger partial charge on any atom is 0.205 e. The molecule has 1 N–H and O–H groups in total. The van der Waals surface area contributed by atoms with Crippen LogP contribution in [-0.4, -0.2) is 28.5 Å². The highest BCUT2D eigenvalue weighted by Gasteiger charge is 2.13. The Morgan fingerprint density at radius 3 is 2.75 bits per heavy atom. The summed E-state index contributed by atoms with van der Waals surface area (Å²) in [6.45, 7) is 2.02. The summed E-state index contributed by atoms with van der Waals surface area (Å²) < 4.78 is 0. The van der Waals surface area contributed by atoms with Crippen LogP contribution >= 0.6 is 34.4 Å². The zero-order valence-electron chi connectivity index (χ0n) is 9.27. The molecule has 0 aromatic carbocycles. The highest BCUT2D eigenvalue weighted by atomic mass is 32.2. The standard InChI is InChI=1S/C9H12N4S3/c1-5-7(15-6(11-5)4-14-3)8-12-13-9(10-2)16-8/h4H2,1-3H3,(H,10,13). The van der Waals surface area contributed by atoms with E-state index in [2.05, 4.69) is 26.8 Å². The molecule has 0 spiro atoms. The number of hydrogen-bond donors (Lipinski definition) is 1. The summed E-state index contributed by atoms with van der Waals surface area (Å²) in [7, 11) is 1.85. The van der Waals surface area contributed by atoms with Gasteiger partial charge < -0.3 is 5.32 Å². The van der Waals surface area contributed by atoms with Crippen LogP contribution in [0.4, 0.5) is 5.13 Å². The Morgan fingerprint density at radius 2 is 2.12 bits per heavy atom. The molecule has 2 aromatic rings. The molecule has 0 saturated carbocycles. The molecule has 2 heterocycles. The van der Waals surface area contributed by atoms with Gasteiger partial charge in [0.1, 0.15) is 5.01 Å². The molecule has 0 bridgehead atoms. The van der Waals surface area contributed by atoms with Crippen LogP contribution in [0.3, 0.4) is 0 Å². The van der Waals surface area contributed by atoms with Gasteiger partial charge in [0.05, 0.1) is 10.6 Å². The molecule has 0 aliphatic heterocycles. The zero-order valence-corrected chi connectivity index (χ0v) is 11.7. The summed E-state index contributed by atoms with van der Waals surface area (Å²) in [5, 5.41) is 14.1. The van der Waals surface area contributed by atoms with E-state index in [0.29, 0.717) is 0 Å². The predicted octanol–water partition coefficient (Wildman–Crippen LogP) is 2.87. The van der Waals surface area contributed by atoms with Crippen LogP contribution in [0.15, 0.2) is 0 Å². The van der Waals surface area contributed by atoms with Crippen LogP contribution in [-0.2, 0) is 5.75 Å². The Bertz CT molecular complexity index is 477. The van der Waals surface area contributed by atoms with Gasteiger partial charge in [-0.3, -0.25) is 0 Å². The summed E-state index contributed by atoms with van der Waals surface area (Å²) in [6.07, 6.45) is 2.08. The zero-order chi connectivity index (χ0) is 11.5. The lowest BCUT2D eigenvalue weighted by Crippen LogP contribution is -1.84. The van der Waals surface area contributed by atoms with Gasteiger partial charge in [-0.25, -0.2) is 4.98 Å². The number of thioether (sulfide) groups is 1. The minimum absolute atomic E-state index is 0.842. The second-order valence-corrected chi connectivity index (χ2v) is 6.04. The minimum atomic E-state index is 0.842. The first-order chi connectivity index (χ1) is 7.74. The first-order valence-corrected chi connectivity index (χ1v) is 7.74. The molecule has 0 aliphatic rings. The third-order valence-corrected chi connectivity index (χ3v) is 4.94. The lowest BCUT2D eigenvalue weighted by molar-refractivity contribution is 1.09. The van der Waals surface area contributed by atoms with Gasteiger partial charge in [-0.2, -0.15) is 11.8 Å². The Labute approximate surface area is 107 Å². The van der Waals surface area contributed by atoms with Gasteiger partial charge in [-0.05, 0) is 13.2 Å². The van der Waals surface area contributed by atoms with E-state index in [0.717, 1.165) is 31.5 Å². The molecule has 0 atom stereocenters. The molecular weight excluding hydrogens is 260 g/mol. The topological polar surface area (TPSA) is 50.7 Å². The Morgan fingerprint density at radius 1 is 1.31 bits per heavy atom. The van der Waals surface area contributed by atoms with E-state index in [1.807, 2.05) is 14.0 Å². The Kier molecular flexibility index (Phi) is 3.78. The van der Waals surface area contributed by atoms with Crippen molar-refractivity contribution in [2.45, 2.75) is 12.7 Å². The van der Waals surface area contributed by atoms with Crippen LogP contribution in [0.2, 0.25) is 0 Å². The summed E-state index contributed by atoms with van der Waals surface area (Å²) in [4.78, 5) is 5.67. The predicted molar refractivity (Wildman–Crippen MR) is 72.5 cm³/mol. The first-order valence-electron chi connectivity index (χ1n) is 4.71. The molecule has 16 heavy (non-hydrogen) atoms. The number of aromatic nitrogens is 3. The fourth-order valence-electron chi connectivity index (χ4n) is 1.25. The first kappa shape index (κ1) is 11.8. The molecule has 2 rings (SSSR count). The molecule has 0 amide bonds. The second kappa shape index (κ2) is 5.11. The van der Waals surface area contributed by atoms with E-state index in [9.17, 15) is 0 Å². The molecule has 2 aromatic heterocycles. The molecule has 0 radical (unpaired) electrons. The molecule has 4 nitrogen and oxygen atoms in total. The van der Waals surface area contributed by atoms with Crippen molar-refractivity contribution in [2.75, 3.05) is 18.6 Å². The second-order valence-electron chi connectivity index (χ2n) is 3.12. The third kappa shape index (κ3) is 2.36. The number of nitrogens with zero attached hydrogens (tertiary/aromatic N) is 3. The molecular formula is C9H12N4S3. The van der Waals surface area contributed by atoms with Crippen molar-refractivity contribution >= 4 is 39.6 Å². The minimum Gasteiger partial charge on any atom is -0.363 e. The molecule has 0 unspecified atom stereocenters. The van der Waals surface area contributed by atoms with Gasteiger partial charge in [0.15, 0.2) is 5.01 Å². The van der Waals surface area contributed by atoms with Crippen molar-refractivity contribution in [2.24, 2.45) is 0 Å². The quantitative estimate of drug-likeness (QED) is 0.927. The molecule has 0 fully saturated rings. The van der Waals surface area contributed by atoms with Crippen LogP contribution in [0.25, 0.3) is 9.88 Å². The number of rotatable bonds is 4. The highest BCUT2D eigenvalue weighted by Crippen LogP contribution is 2.34. The molecule has 7 heteroatoms. The van der Waals surface area contributed by atoms with Crippen molar-refractivity contribution in [3.8, 4) is 9.88 Å². The van der Waals surface area contributed by atoms with Gasteiger partial charge in [-0.1, -0.05) is 11.3 Å². The van der Waals surface area contributed by atoms with Crippen molar-refractivity contribution in [3.63, 3.8) is 0 Å². The van der Waals surface area contributed by atoms with E-state index in [-0.39, 0.29) is 0 Å². The van der Waals surface area contributed by atoms with Gasteiger partial charge in [0.25, 0.3) is 0 Å². The van der Waals surface area contributed by atoms with Gasteiger partial charge >= 0.3 is 0 Å². The third-order valence-electron chi connectivity index (χ3n) is 1.94. The van der Waals surface area contributed by atoms with Gasteiger partial charge in [-0.15, -0.1) is 21.5 Å². The van der Waals surface area contributed by atoms with E-state index in [1.54, 1.807) is 34.4 Å². The van der Waals surface area contributed by atoms with E-state index in [4.69, 9.17) is 0 Å². The van der Waals surface area contributed by atoms with Crippen molar-refractivity contribution in [1.29, 1.82) is 0 Å². The average Bonchev–Trinajstić information content (AvgIpc) is 2.85. The normalized spacial score (nSPS) is 10.7. The monoisotopic (exact) mass is 272 g/mol. The van der Waals surface area contributed by atoms with Crippen LogP contribution in [0.1, 0.15) is 10.7 Å². The molecule has 86 valence electrons. The lowest BCUT2D eigenvalue weighted by Gasteiger charge is -1.88. The number of thiazole rings is 1. The number of nitrogens with one attached hydrogen (secondary N) is 1. The van der Waals surface area contributed by atoms with Crippen molar-refractivity contribution in [1.82, 2.24) is 15.2 Å². The lowest BCUT2D eigenvalue weighted by atomic mass is 10.4. The number of anilines is 1. The number of aryl methyl sites for hydroxylation is 1. The maximum atomic E-state index is 4.53. The summed E-state index contributed by atoms with van der Waals surface area (Å²) in [6, 6.07) is 0. The SMILES string of the molecule is CNc1nnc(-c2sc(CSC)nc2C)s1. The Hall–Kier alpha value is -0.660. The Balaban J connectivity index is 2.32. The maximum absolute atomic E-state index is 4.53. The van der Waals surface area contributed by atoms with Gasteiger partial charge in [0.2, 0.25) is 5.13 Å². The van der Waals surface area contributed by atoms with Gasteiger partial charge in [0, 0.05) is 12.8 Å². The fraction of sp³-hybridized carbons (Fsp3) is 0.444. The smallest absolute Gasteiger partial charge is 0.205 e. The summed E-state index contributed by atoms with van der Waals surface area (Å²) >= 11 is 5.06. The summed E-state index contributed by atoms with van der Waals surface area (Å²) in [5.74, 6) is 0.962. The summed E-state index contributed by atoms with van der Waals surface area (Å²) in [5.41, 5.74) is 1.05. The van der Waals surface area contributed by atoms with Crippen LogP contribution in [0, 0.1) is 6.92 Å². The number of hydrogen-bond acceptors (Lipinski definition) is 7. The van der Waals surface area contributed by atoms with Crippen LogP contribution in [0.5, 0.6) is 0 Å².